The summed E-state index contributed by atoms with van der Waals surface area (Å²) in [5.74, 6) is 0. The molecule has 1 aliphatic carbocycles. The minimum atomic E-state index is 0.318. The number of aryl methyl sites for hydroxylation is 1. The molecule has 1 saturated carbocycles. The van der Waals surface area contributed by atoms with Crippen molar-refractivity contribution in [2.75, 3.05) is 4.90 Å². The summed E-state index contributed by atoms with van der Waals surface area (Å²) in [7, 11) is 0. The highest BCUT2D eigenvalue weighted by atomic mass is 16.3. The molecule has 1 aromatic carbocycles. The maximum atomic E-state index is 6.23. The Hall–Kier alpha value is -2.49. The second-order valence-corrected chi connectivity index (χ2v) is 7.30. The van der Waals surface area contributed by atoms with Crippen LogP contribution in [0.1, 0.15) is 38.2 Å². The average Bonchev–Trinajstić information content (AvgIpc) is 3.33. The Bertz CT molecular complexity index is 968. The summed E-state index contributed by atoms with van der Waals surface area (Å²) in [5.41, 5.74) is 4.24. The van der Waals surface area contributed by atoms with Crippen molar-refractivity contribution < 1.29 is 4.42 Å². The standard InChI is InChI=1S/C21H23N3O/c1-14-7-8-18-17-9-10-22-13-19(17)25-21(18)20(14)24-12-11-23(15(24)2)16-5-3-4-6-16/h7-13,15-16H,3-6H2,1-2H3/t15-/m0/s1. The number of fused-ring (bicyclic) bond motifs is 3. The number of aromatic nitrogens is 1. The quantitative estimate of drug-likeness (QED) is 0.647. The van der Waals surface area contributed by atoms with Gasteiger partial charge in [-0.2, -0.15) is 0 Å². The SMILES string of the molecule is Cc1ccc2c(oc3cnccc32)c1N1C=CN(C2CCCC2)[C@@H]1C. The van der Waals surface area contributed by atoms with Crippen molar-refractivity contribution >= 4 is 27.6 Å². The molecular weight excluding hydrogens is 310 g/mol. The zero-order valence-electron chi connectivity index (χ0n) is 14.8. The molecule has 4 heteroatoms. The maximum Gasteiger partial charge on any atom is 0.159 e. The van der Waals surface area contributed by atoms with E-state index in [0.717, 1.165) is 21.9 Å². The van der Waals surface area contributed by atoms with Gasteiger partial charge in [0.1, 0.15) is 6.17 Å². The summed E-state index contributed by atoms with van der Waals surface area (Å²) in [4.78, 5) is 9.10. The number of furan rings is 1. The number of pyridine rings is 1. The molecule has 1 aliphatic heterocycles. The van der Waals surface area contributed by atoms with Crippen molar-refractivity contribution in [2.24, 2.45) is 0 Å². The monoisotopic (exact) mass is 333 g/mol. The van der Waals surface area contributed by atoms with Crippen LogP contribution in [0, 0.1) is 6.92 Å². The Morgan fingerprint density at radius 1 is 1.08 bits per heavy atom. The topological polar surface area (TPSA) is 32.5 Å². The zero-order chi connectivity index (χ0) is 17.0. The average molecular weight is 333 g/mol. The molecule has 0 saturated heterocycles. The molecule has 2 aliphatic rings. The lowest BCUT2D eigenvalue weighted by Gasteiger charge is -2.34. The largest absolute Gasteiger partial charge is 0.452 e. The van der Waals surface area contributed by atoms with Crippen LogP contribution in [-0.4, -0.2) is 22.1 Å². The number of benzene rings is 1. The van der Waals surface area contributed by atoms with Gasteiger partial charge in [0.05, 0.1) is 11.9 Å². The van der Waals surface area contributed by atoms with E-state index in [1.807, 2.05) is 18.5 Å². The summed E-state index contributed by atoms with van der Waals surface area (Å²) in [6.45, 7) is 4.46. The van der Waals surface area contributed by atoms with Gasteiger partial charge in [-0.1, -0.05) is 25.0 Å². The molecule has 3 aromatic rings. The van der Waals surface area contributed by atoms with Crippen molar-refractivity contribution in [3.63, 3.8) is 0 Å². The van der Waals surface area contributed by atoms with Crippen LogP contribution in [0.3, 0.4) is 0 Å². The van der Waals surface area contributed by atoms with Crippen molar-refractivity contribution in [3.8, 4) is 0 Å². The Morgan fingerprint density at radius 3 is 2.76 bits per heavy atom. The maximum absolute atomic E-state index is 6.23. The van der Waals surface area contributed by atoms with Gasteiger partial charge in [0.25, 0.3) is 0 Å². The van der Waals surface area contributed by atoms with Crippen LogP contribution in [0.2, 0.25) is 0 Å². The van der Waals surface area contributed by atoms with Gasteiger partial charge in [-0.05, 0) is 38.3 Å². The first kappa shape index (κ1) is 14.8. The van der Waals surface area contributed by atoms with E-state index in [1.54, 1.807) is 0 Å². The lowest BCUT2D eigenvalue weighted by molar-refractivity contribution is 0.237. The smallest absolute Gasteiger partial charge is 0.159 e. The lowest BCUT2D eigenvalue weighted by atomic mass is 10.1. The van der Waals surface area contributed by atoms with Crippen molar-refractivity contribution in [3.05, 3.63) is 48.6 Å². The van der Waals surface area contributed by atoms with Gasteiger partial charge in [-0.25, -0.2) is 0 Å². The Kier molecular flexibility index (Phi) is 3.27. The second kappa shape index (κ2) is 5.51. The molecule has 5 rings (SSSR count). The summed E-state index contributed by atoms with van der Waals surface area (Å²) in [5, 5.41) is 2.30. The van der Waals surface area contributed by atoms with Crippen molar-refractivity contribution in [1.82, 2.24) is 9.88 Å². The molecule has 0 N–H and O–H groups in total. The van der Waals surface area contributed by atoms with E-state index >= 15 is 0 Å². The molecular formula is C21H23N3O. The molecule has 0 unspecified atom stereocenters. The van der Waals surface area contributed by atoms with Crippen molar-refractivity contribution in [2.45, 2.75) is 51.7 Å². The van der Waals surface area contributed by atoms with E-state index < -0.39 is 0 Å². The van der Waals surface area contributed by atoms with Gasteiger partial charge in [0.15, 0.2) is 11.2 Å². The van der Waals surface area contributed by atoms with Gasteiger partial charge in [-0.3, -0.25) is 4.98 Å². The van der Waals surface area contributed by atoms with Crippen LogP contribution in [0.4, 0.5) is 5.69 Å². The molecule has 1 atom stereocenters. The van der Waals surface area contributed by atoms with E-state index in [9.17, 15) is 0 Å². The minimum Gasteiger partial charge on any atom is -0.452 e. The fraction of sp³-hybridized carbons (Fsp3) is 0.381. The summed E-state index contributed by atoms with van der Waals surface area (Å²) >= 11 is 0. The van der Waals surface area contributed by atoms with Crippen LogP contribution in [0.5, 0.6) is 0 Å². The molecule has 1 fully saturated rings. The molecule has 128 valence electrons. The number of hydrogen-bond acceptors (Lipinski definition) is 4. The summed E-state index contributed by atoms with van der Waals surface area (Å²) < 4.78 is 6.23. The molecule has 4 nitrogen and oxygen atoms in total. The molecule has 0 amide bonds. The molecule has 3 heterocycles. The predicted molar refractivity (Wildman–Crippen MR) is 101 cm³/mol. The summed E-state index contributed by atoms with van der Waals surface area (Å²) in [6.07, 6.45) is 13.8. The van der Waals surface area contributed by atoms with Gasteiger partial charge in [-0.15, -0.1) is 0 Å². The van der Waals surface area contributed by atoms with Crippen molar-refractivity contribution in [1.29, 1.82) is 0 Å². The van der Waals surface area contributed by atoms with Crippen LogP contribution in [0.25, 0.3) is 21.9 Å². The van der Waals surface area contributed by atoms with E-state index in [-0.39, 0.29) is 0 Å². The number of hydrogen-bond donors (Lipinski definition) is 0. The van der Waals surface area contributed by atoms with Crippen LogP contribution < -0.4 is 4.90 Å². The predicted octanol–water partition coefficient (Wildman–Crippen LogP) is 5.17. The fourth-order valence-corrected chi connectivity index (χ4v) is 4.53. The fourth-order valence-electron chi connectivity index (χ4n) is 4.53. The molecule has 0 radical (unpaired) electrons. The van der Waals surface area contributed by atoms with Crippen LogP contribution in [-0.2, 0) is 0 Å². The summed E-state index contributed by atoms with van der Waals surface area (Å²) in [6, 6.07) is 7.08. The number of anilines is 1. The zero-order valence-corrected chi connectivity index (χ0v) is 14.8. The van der Waals surface area contributed by atoms with Gasteiger partial charge in [0, 0.05) is 35.4 Å². The highest BCUT2D eigenvalue weighted by Gasteiger charge is 2.32. The molecule has 0 bridgehead atoms. The third-order valence-electron chi connectivity index (χ3n) is 5.86. The normalized spacial score (nSPS) is 21.3. The van der Waals surface area contributed by atoms with E-state index in [2.05, 4.69) is 53.2 Å². The minimum absolute atomic E-state index is 0.318. The third kappa shape index (κ3) is 2.16. The molecule has 0 spiro atoms. The number of nitrogens with zero attached hydrogens (tertiary/aromatic N) is 3. The first-order valence-electron chi connectivity index (χ1n) is 9.24. The lowest BCUT2D eigenvalue weighted by Crippen LogP contribution is -2.41. The highest BCUT2D eigenvalue weighted by molar-refractivity contribution is 6.09. The Labute approximate surface area is 147 Å². The highest BCUT2D eigenvalue weighted by Crippen LogP contribution is 2.40. The van der Waals surface area contributed by atoms with Crippen LogP contribution >= 0.6 is 0 Å². The van der Waals surface area contributed by atoms with Gasteiger partial charge < -0.3 is 14.2 Å². The molecule has 2 aromatic heterocycles. The Morgan fingerprint density at radius 2 is 1.92 bits per heavy atom. The third-order valence-corrected chi connectivity index (χ3v) is 5.86. The number of rotatable bonds is 2. The van der Waals surface area contributed by atoms with E-state index in [1.165, 1.54) is 36.9 Å². The first-order valence-corrected chi connectivity index (χ1v) is 9.24. The van der Waals surface area contributed by atoms with E-state index in [0.29, 0.717) is 12.2 Å². The van der Waals surface area contributed by atoms with Crippen LogP contribution in [0.15, 0.2) is 47.4 Å². The first-order chi connectivity index (χ1) is 12.2. The van der Waals surface area contributed by atoms with E-state index in [4.69, 9.17) is 4.42 Å². The molecule has 25 heavy (non-hydrogen) atoms. The van der Waals surface area contributed by atoms with Gasteiger partial charge in [0.2, 0.25) is 0 Å². The van der Waals surface area contributed by atoms with Gasteiger partial charge >= 0.3 is 0 Å². The Balaban J connectivity index is 1.63. The second-order valence-electron chi connectivity index (χ2n) is 7.30.